The third kappa shape index (κ3) is 4.51. The molecule has 1 fully saturated rings. The van der Waals surface area contributed by atoms with Crippen LogP contribution >= 0.6 is 11.3 Å². The van der Waals surface area contributed by atoms with E-state index in [1.54, 1.807) is 23.5 Å². The van der Waals surface area contributed by atoms with E-state index in [4.69, 9.17) is 4.98 Å². The summed E-state index contributed by atoms with van der Waals surface area (Å²) in [5.41, 5.74) is 1.98. The summed E-state index contributed by atoms with van der Waals surface area (Å²) in [5.74, 6) is -0.110. The standard InChI is InChI=1S/C21H22FN3OS/c22-17-7-5-15(6-8-17)13-23-21(26)16-9-11-25(12-10-16)14-20-24-18-3-1-2-4-19(18)27-20/h1-8,16H,9-14H2,(H,23,26). The summed E-state index contributed by atoms with van der Waals surface area (Å²) in [6.45, 7) is 3.11. The SMILES string of the molecule is O=C(NCc1ccc(F)cc1)C1CCN(Cc2nc3ccccc3s2)CC1. The molecule has 6 heteroatoms. The predicted octanol–water partition coefficient (Wildman–Crippen LogP) is 3.96. The lowest BCUT2D eigenvalue weighted by Crippen LogP contribution is -2.40. The zero-order valence-corrected chi connectivity index (χ0v) is 15.8. The van der Waals surface area contributed by atoms with E-state index in [2.05, 4.69) is 16.3 Å². The van der Waals surface area contributed by atoms with Crippen molar-refractivity contribution in [1.29, 1.82) is 0 Å². The molecule has 0 saturated carbocycles. The molecular formula is C21H22FN3OS. The normalized spacial score (nSPS) is 15.9. The van der Waals surface area contributed by atoms with Crippen LogP contribution in [0.25, 0.3) is 10.2 Å². The number of likely N-dealkylation sites (tertiary alicyclic amines) is 1. The maximum absolute atomic E-state index is 12.9. The average molecular weight is 383 g/mol. The van der Waals surface area contributed by atoms with Gasteiger partial charge in [0.2, 0.25) is 5.91 Å². The zero-order valence-electron chi connectivity index (χ0n) is 15.0. The molecule has 4 rings (SSSR count). The van der Waals surface area contributed by atoms with Gasteiger partial charge in [-0.3, -0.25) is 9.69 Å². The van der Waals surface area contributed by atoms with Crippen LogP contribution < -0.4 is 5.32 Å². The lowest BCUT2D eigenvalue weighted by Gasteiger charge is -2.30. The second kappa shape index (κ2) is 8.15. The quantitative estimate of drug-likeness (QED) is 0.725. The van der Waals surface area contributed by atoms with Crippen LogP contribution in [-0.4, -0.2) is 28.9 Å². The van der Waals surface area contributed by atoms with Gasteiger partial charge in [0.05, 0.1) is 16.8 Å². The minimum absolute atomic E-state index is 0.0528. The topological polar surface area (TPSA) is 45.2 Å². The Bertz CT molecular complexity index is 884. The van der Waals surface area contributed by atoms with Gasteiger partial charge in [0.1, 0.15) is 10.8 Å². The lowest BCUT2D eigenvalue weighted by atomic mass is 9.96. The number of fused-ring (bicyclic) bond motifs is 1. The number of halogens is 1. The van der Waals surface area contributed by atoms with Gasteiger partial charge in [0, 0.05) is 12.5 Å². The Kier molecular flexibility index (Phi) is 5.45. The van der Waals surface area contributed by atoms with E-state index in [-0.39, 0.29) is 17.6 Å². The molecule has 0 aliphatic carbocycles. The smallest absolute Gasteiger partial charge is 0.223 e. The molecule has 0 atom stereocenters. The van der Waals surface area contributed by atoms with Gasteiger partial charge < -0.3 is 5.32 Å². The predicted molar refractivity (Wildman–Crippen MR) is 106 cm³/mol. The number of rotatable bonds is 5. The first-order chi connectivity index (χ1) is 13.2. The van der Waals surface area contributed by atoms with Gasteiger partial charge >= 0.3 is 0 Å². The minimum atomic E-state index is -0.259. The highest BCUT2D eigenvalue weighted by Crippen LogP contribution is 2.25. The van der Waals surface area contributed by atoms with Crippen LogP contribution in [0.2, 0.25) is 0 Å². The van der Waals surface area contributed by atoms with E-state index in [1.165, 1.54) is 16.8 Å². The van der Waals surface area contributed by atoms with Crippen LogP contribution in [0, 0.1) is 11.7 Å². The molecule has 2 aromatic carbocycles. The number of carbonyl (C=O) groups excluding carboxylic acids is 1. The fraction of sp³-hybridized carbons (Fsp3) is 0.333. The number of piperidine rings is 1. The van der Waals surface area contributed by atoms with Crippen LogP contribution in [0.3, 0.4) is 0 Å². The number of hydrogen-bond acceptors (Lipinski definition) is 4. The van der Waals surface area contributed by atoms with Gasteiger partial charge in [-0.25, -0.2) is 9.37 Å². The average Bonchev–Trinajstić information content (AvgIpc) is 3.10. The number of carbonyl (C=O) groups is 1. The molecule has 140 valence electrons. The maximum Gasteiger partial charge on any atom is 0.223 e. The molecule has 1 aromatic heterocycles. The van der Waals surface area contributed by atoms with Crippen molar-refractivity contribution in [1.82, 2.24) is 15.2 Å². The van der Waals surface area contributed by atoms with Gasteiger partial charge in [-0.2, -0.15) is 0 Å². The third-order valence-corrected chi connectivity index (χ3v) is 6.06. The van der Waals surface area contributed by atoms with Crippen molar-refractivity contribution in [3.8, 4) is 0 Å². The summed E-state index contributed by atoms with van der Waals surface area (Å²) in [6.07, 6.45) is 1.72. The second-order valence-electron chi connectivity index (χ2n) is 6.97. The van der Waals surface area contributed by atoms with E-state index < -0.39 is 0 Å². The molecule has 1 amide bonds. The Morgan fingerprint density at radius 3 is 2.63 bits per heavy atom. The molecule has 1 aliphatic rings. The van der Waals surface area contributed by atoms with Gasteiger partial charge in [-0.1, -0.05) is 24.3 Å². The molecule has 1 N–H and O–H groups in total. The van der Waals surface area contributed by atoms with Gasteiger partial charge in [0.25, 0.3) is 0 Å². The van der Waals surface area contributed by atoms with Crippen molar-refractivity contribution in [2.24, 2.45) is 5.92 Å². The number of nitrogens with one attached hydrogen (secondary N) is 1. The van der Waals surface area contributed by atoms with Crippen LogP contribution in [0.4, 0.5) is 4.39 Å². The molecule has 0 radical (unpaired) electrons. The van der Waals surface area contributed by atoms with Crippen molar-refractivity contribution in [3.63, 3.8) is 0 Å². The maximum atomic E-state index is 12.9. The summed E-state index contributed by atoms with van der Waals surface area (Å²) < 4.78 is 14.2. The molecule has 1 saturated heterocycles. The number of para-hydroxylation sites is 1. The number of hydrogen-bond donors (Lipinski definition) is 1. The summed E-state index contributed by atoms with van der Waals surface area (Å²) >= 11 is 1.75. The molecule has 1 aliphatic heterocycles. The first-order valence-electron chi connectivity index (χ1n) is 9.26. The van der Waals surface area contributed by atoms with E-state index >= 15 is 0 Å². The molecule has 4 nitrogen and oxygen atoms in total. The highest BCUT2D eigenvalue weighted by atomic mass is 32.1. The number of benzene rings is 2. The van der Waals surface area contributed by atoms with Gasteiger partial charge in [-0.05, 0) is 55.8 Å². The monoisotopic (exact) mass is 383 g/mol. The number of nitrogens with zero attached hydrogens (tertiary/aromatic N) is 2. The fourth-order valence-electron chi connectivity index (χ4n) is 3.47. The molecule has 3 aromatic rings. The number of thiazole rings is 1. The van der Waals surface area contributed by atoms with Crippen molar-refractivity contribution >= 4 is 27.5 Å². The summed E-state index contributed by atoms with van der Waals surface area (Å²) in [7, 11) is 0. The molecule has 27 heavy (non-hydrogen) atoms. The van der Waals surface area contributed by atoms with Crippen molar-refractivity contribution in [2.45, 2.75) is 25.9 Å². The highest BCUT2D eigenvalue weighted by Gasteiger charge is 2.25. The molecule has 0 spiro atoms. The summed E-state index contributed by atoms with van der Waals surface area (Å²) in [5, 5.41) is 4.11. The first-order valence-corrected chi connectivity index (χ1v) is 10.1. The Morgan fingerprint density at radius 1 is 1.15 bits per heavy atom. The van der Waals surface area contributed by atoms with E-state index in [0.717, 1.165) is 48.6 Å². The van der Waals surface area contributed by atoms with Crippen LogP contribution in [-0.2, 0) is 17.9 Å². The van der Waals surface area contributed by atoms with Crippen LogP contribution in [0.15, 0.2) is 48.5 Å². The first kappa shape index (κ1) is 18.1. The highest BCUT2D eigenvalue weighted by molar-refractivity contribution is 7.18. The Hall–Kier alpha value is -2.31. The van der Waals surface area contributed by atoms with E-state index in [1.807, 2.05) is 18.2 Å². The van der Waals surface area contributed by atoms with Crippen molar-refractivity contribution in [3.05, 3.63) is 64.9 Å². The molecule has 2 heterocycles. The second-order valence-corrected chi connectivity index (χ2v) is 8.09. The lowest BCUT2D eigenvalue weighted by molar-refractivity contribution is -0.126. The number of amides is 1. The van der Waals surface area contributed by atoms with Crippen LogP contribution in [0.1, 0.15) is 23.4 Å². The molecule has 0 unspecified atom stereocenters. The van der Waals surface area contributed by atoms with Crippen molar-refractivity contribution < 1.29 is 9.18 Å². The summed E-state index contributed by atoms with van der Waals surface area (Å²) in [4.78, 5) is 19.5. The molecule has 0 bridgehead atoms. The largest absolute Gasteiger partial charge is 0.352 e. The van der Waals surface area contributed by atoms with E-state index in [9.17, 15) is 9.18 Å². The Balaban J connectivity index is 1.25. The number of aromatic nitrogens is 1. The summed E-state index contributed by atoms with van der Waals surface area (Å²) in [6, 6.07) is 14.5. The Labute approximate surface area is 162 Å². The Morgan fingerprint density at radius 2 is 1.89 bits per heavy atom. The van der Waals surface area contributed by atoms with Gasteiger partial charge in [0.15, 0.2) is 0 Å². The van der Waals surface area contributed by atoms with Crippen LogP contribution in [0.5, 0.6) is 0 Å². The van der Waals surface area contributed by atoms with Gasteiger partial charge in [-0.15, -0.1) is 11.3 Å². The minimum Gasteiger partial charge on any atom is -0.352 e. The van der Waals surface area contributed by atoms with Crippen molar-refractivity contribution in [2.75, 3.05) is 13.1 Å². The van der Waals surface area contributed by atoms with E-state index in [0.29, 0.717) is 6.54 Å². The molecular weight excluding hydrogens is 361 g/mol. The zero-order chi connectivity index (χ0) is 18.6. The third-order valence-electron chi connectivity index (χ3n) is 5.04. The fourth-order valence-corrected chi connectivity index (χ4v) is 4.48.